The van der Waals surface area contributed by atoms with E-state index < -0.39 is 8.07 Å². The molecule has 0 aromatic heterocycles. The van der Waals surface area contributed by atoms with Crippen LogP contribution in [0.3, 0.4) is 0 Å². The minimum atomic E-state index is -3.05. The Morgan fingerprint density at radius 2 is 1.00 bits per heavy atom. The fourth-order valence-electron chi connectivity index (χ4n) is 3.62. The van der Waals surface area contributed by atoms with Crippen LogP contribution in [0, 0.1) is 6.92 Å². The van der Waals surface area contributed by atoms with E-state index in [2.05, 4.69) is 36.4 Å². The van der Waals surface area contributed by atoms with Crippen LogP contribution in [0.2, 0.25) is 0 Å². The molecule has 0 atom stereocenters. The summed E-state index contributed by atoms with van der Waals surface area (Å²) in [6.45, 7) is 1.71. The maximum absolute atomic E-state index is 8.99. The fraction of sp³-hybridized carbons (Fsp3) is 0.0400. The van der Waals surface area contributed by atoms with Crippen molar-refractivity contribution in [1.29, 1.82) is 0 Å². The molecule has 0 fully saturated rings. The smallest absolute Gasteiger partial charge is 0.0623 e. The third-order valence-electron chi connectivity index (χ3n) is 4.75. The van der Waals surface area contributed by atoms with Gasteiger partial charge in [-0.15, -0.1) is 0 Å². The Bertz CT molecular complexity index is 1050. The molecule has 0 aliphatic rings. The van der Waals surface area contributed by atoms with E-state index >= 15 is 0 Å². The predicted octanol–water partition coefficient (Wildman–Crippen LogP) is 3.37. The summed E-state index contributed by atoms with van der Waals surface area (Å²) in [6, 6.07) is 30.3. The average molecular weight is 355 g/mol. The van der Waals surface area contributed by atoms with E-state index in [9.17, 15) is 0 Å². The summed E-state index contributed by atoms with van der Waals surface area (Å²) in [5.74, 6) is 0. The van der Waals surface area contributed by atoms with Crippen LogP contribution in [0.4, 0.5) is 0 Å². The summed E-state index contributed by atoms with van der Waals surface area (Å²) in [5.41, 5.74) is 0.450. The van der Waals surface area contributed by atoms with Crippen LogP contribution < -0.4 is 20.7 Å². The Morgan fingerprint density at radius 1 is 0.577 bits per heavy atom. The summed E-state index contributed by atoms with van der Waals surface area (Å²) in [4.78, 5) is 0. The second-order valence-corrected chi connectivity index (χ2v) is 10.1. The van der Waals surface area contributed by atoms with Crippen molar-refractivity contribution >= 4 is 28.8 Å². The van der Waals surface area contributed by atoms with Gasteiger partial charge in [-0.1, -0.05) is 121 Å². The molecular weight excluding hydrogens is 328 g/mol. The Labute approximate surface area is 162 Å². The van der Waals surface area contributed by atoms with Gasteiger partial charge in [-0.25, -0.2) is 0 Å². The van der Waals surface area contributed by atoms with Crippen LogP contribution in [0.25, 0.3) is 0 Å². The quantitative estimate of drug-likeness (QED) is 0.389. The predicted molar refractivity (Wildman–Crippen MR) is 115 cm³/mol. The van der Waals surface area contributed by atoms with Crippen LogP contribution in [-0.4, -0.2) is 8.07 Å². The first-order valence-electron chi connectivity index (χ1n) is 10.7. The zero-order valence-electron chi connectivity index (χ0n) is 18.7. The van der Waals surface area contributed by atoms with E-state index in [-0.39, 0.29) is 24.2 Å². The Hall–Kier alpha value is -2.90. The highest BCUT2D eigenvalue weighted by Gasteiger charge is 2.41. The van der Waals surface area contributed by atoms with Gasteiger partial charge in [0.05, 0.1) is 5.48 Å². The highest BCUT2D eigenvalue weighted by atomic mass is 28.3. The Morgan fingerprint density at radius 3 is 1.42 bits per heavy atom. The first kappa shape index (κ1) is 12.5. The van der Waals surface area contributed by atoms with Crippen molar-refractivity contribution in [1.82, 2.24) is 0 Å². The molecule has 0 heterocycles. The normalized spacial score (nSPS) is 13.4. The Balaban J connectivity index is 2.27. The van der Waals surface area contributed by atoms with E-state index in [1.54, 1.807) is 6.92 Å². The lowest BCUT2D eigenvalue weighted by atomic mass is 10.2. The van der Waals surface area contributed by atoms with Crippen molar-refractivity contribution in [2.45, 2.75) is 6.92 Å². The molecule has 4 rings (SSSR count). The monoisotopic (exact) mass is 354 g/mol. The van der Waals surface area contributed by atoms with Crippen molar-refractivity contribution in [2.24, 2.45) is 0 Å². The minimum absolute atomic E-state index is 0.0150. The third kappa shape index (κ3) is 2.81. The van der Waals surface area contributed by atoms with E-state index in [1.807, 2.05) is 54.6 Å². The van der Waals surface area contributed by atoms with Crippen molar-refractivity contribution < 1.29 is 5.48 Å². The zero-order valence-corrected chi connectivity index (χ0v) is 15.7. The highest BCUT2D eigenvalue weighted by molar-refractivity contribution is 7.19. The lowest BCUT2D eigenvalue weighted by molar-refractivity contribution is 1.49. The lowest BCUT2D eigenvalue weighted by Gasteiger charge is -2.34. The second kappa shape index (κ2) is 7.15. The van der Waals surface area contributed by atoms with Gasteiger partial charge in [0.2, 0.25) is 0 Å². The topological polar surface area (TPSA) is 0 Å². The van der Waals surface area contributed by atoms with Gasteiger partial charge < -0.3 is 0 Å². The average Bonchev–Trinajstić information content (AvgIpc) is 2.81. The maximum atomic E-state index is 8.99. The summed E-state index contributed by atoms with van der Waals surface area (Å²) < 4.78 is 34.6. The number of hydrogen-bond donors (Lipinski definition) is 0. The zero-order chi connectivity index (χ0) is 21.3. The highest BCUT2D eigenvalue weighted by Crippen LogP contribution is 2.10. The first-order chi connectivity index (χ1) is 14.5. The van der Waals surface area contributed by atoms with Crippen LogP contribution in [0.5, 0.6) is 0 Å². The van der Waals surface area contributed by atoms with Gasteiger partial charge >= 0.3 is 0 Å². The van der Waals surface area contributed by atoms with Gasteiger partial charge in [-0.2, -0.15) is 0 Å². The second-order valence-electron chi connectivity index (χ2n) is 6.35. The summed E-state index contributed by atoms with van der Waals surface area (Å²) in [5, 5.41) is 3.74. The summed E-state index contributed by atoms with van der Waals surface area (Å²) >= 11 is 0. The molecule has 0 unspecified atom stereocenters. The minimum Gasteiger partial charge on any atom is -0.0623 e. The molecule has 0 bridgehead atoms. The molecule has 4 aromatic carbocycles. The van der Waals surface area contributed by atoms with Crippen LogP contribution >= 0.6 is 0 Å². The van der Waals surface area contributed by atoms with Crippen molar-refractivity contribution in [3.8, 4) is 0 Å². The molecule has 0 aliphatic carbocycles. The molecule has 0 aliphatic heterocycles. The van der Waals surface area contributed by atoms with Crippen molar-refractivity contribution in [3.63, 3.8) is 0 Å². The van der Waals surface area contributed by atoms with Gasteiger partial charge in [0, 0.05) is 0 Å². The number of hydrogen-bond acceptors (Lipinski definition) is 0. The van der Waals surface area contributed by atoms with E-state index in [0.717, 1.165) is 15.6 Å². The van der Waals surface area contributed by atoms with Gasteiger partial charge in [0.25, 0.3) is 0 Å². The standard InChI is InChI=1S/C25H22Si/c1-21-12-11-19-25(20-21)26(22-13-5-2-6-14-22,23-15-7-3-8-16-23)24-17-9-4-10-18-24/h2-20H,1H3/i11D,12D,19D,20D. The van der Waals surface area contributed by atoms with Gasteiger partial charge in [0.15, 0.2) is 8.07 Å². The number of benzene rings is 4. The molecule has 26 heavy (non-hydrogen) atoms. The summed E-state index contributed by atoms with van der Waals surface area (Å²) in [6.07, 6.45) is 0. The molecule has 1 heteroatoms. The maximum Gasteiger partial charge on any atom is 0.179 e. The molecule has 0 saturated heterocycles. The molecule has 0 spiro atoms. The lowest BCUT2D eigenvalue weighted by Crippen LogP contribution is -2.74. The van der Waals surface area contributed by atoms with E-state index in [4.69, 9.17) is 5.48 Å². The summed E-state index contributed by atoms with van der Waals surface area (Å²) in [7, 11) is -3.05. The molecule has 126 valence electrons. The first-order valence-corrected chi connectivity index (χ1v) is 10.7. The van der Waals surface area contributed by atoms with Gasteiger partial charge in [-0.05, 0) is 27.7 Å². The van der Waals surface area contributed by atoms with Crippen LogP contribution in [0.1, 0.15) is 11.0 Å². The molecule has 0 saturated carbocycles. The van der Waals surface area contributed by atoms with Crippen LogP contribution in [-0.2, 0) is 0 Å². The molecule has 4 aromatic rings. The van der Waals surface area contributed by atoms with E-state index in [0.29, 0.717) is 10.8 Å². The third-order valence-corrected chi connectivity index (χ3v) is 9.34. The molecule has 0 N–H and O–H groups in total. The largest absolute Gasteiger partial charge is 0.179 e. The fourth-order valence-corrected chi connectivity index (χ4v) is 8.19. The SMILES string of the molecule is [2H]c1c([2H])c(C)c([2H])c([Si](c2ccccc2)(c2ccccc2)c2ccccc2)c1[2H]. The Kier molecular flexibility index (Phi) is 3.42. The van der Waals surface area contributed by atoms with Crippen molar-refractivity contribution in [2.75, 3.05) is 0 Å². The molecule has 0 amide bonds. The van der Waals surface area contributed by atoms with Crippen molar-refractivity contribution in [3.05, 3.63) is 121 Å². The number of rotatable bonds is 4. The molecule has 0 nitrogen and oxygen atoms in total. The van der Waals surface area contributed by atoms with Crippen LogP contribution in [0.15, 0.2) is 115 Å². The van der Waals surface area contributed by atoms with E-state index in [1.165, 1.54) is 0 Å². The van der Waals surface area contributed by atoms with Gasteiger partial charge in [0.1, 0.15) is 0 Å². The van der Waals surface area contributed by atoms with Gasteiger partial charge in [-0.3, -0.25) is 0 Å². The molecule has 0 radical (unpaired) electrons. The molecular formula is C25H22Si.